The van der Waals surface area contributed by atoms with Crippen LogP contribution in [0.25, 0.3) is 0 Å². The molecule has 0 bridgehead atoms. The molecule has 2 heterocycles. The number of hydrogen-bond acceptors (Lipinski definition) is 10. The van der Waals surface area contributed by atoms with Gasteiger partial charge in [0.1, 0.15) is 11.8 Å². The smallest absolute Gasteiger partial charge is 0.414 e. The molecule has 42 heavy (non-hydrogen) atoms. The maximum Gasteiger partial charge on any atom is 0.414 e. The number of nitrogens with one attached hydrogen (secondary N) is 2. The zero-order valence-electron chi connectivity index (χ0n) is 23.8. The fourth-order valence-electron chi connectivity index (χ4n) is 3.94. The van der Waals surface area contributed by atoms with Gasteiger partial charge < -0.3 is 30.3 Å². The van der Waals surface area contributed by atoms with E-state index < -0.39 is 18.1 Å². The predicted octanol–water partition coefficient (Wildman–Crippen LogP) is 4.07. The molecule has 0 aliphatic carbocycles. The lowest BCUT2D eigenvalue weighted by molar-refractivity contribution is -0.137. The zero-order chi connectivity index (χ0) is 29.9. The Morgan fingerprint density at radius 1 is 0.881 bits per heavy atom. The first-order valence-corrected chi connectivity index (χ1v) is 13.5. The van der Waals surface area contributed by atoms with Crippen molar-refractivity contribution in [2.45, 2.75) is 32.5 Å². The van der Waals surface area contributed by atoms with Crippen molar-refractivity contribution in [2.24, 2.45) is 0 Å². The Labute approximate surface area is 244 Å². The van der Waals surface area contributed by atoms with Crippen molar-refractivity contribution >= 4 is 29.9 Å². The number of ether oxygens (including phenoxy) is 1. The van der Waals surface area contributed by atoms with E-state index in [-0.39, 0.29) is 12.4 Å². The third-order valence-corrected chi connectivity index (χ3v) is 6.24. The topological polar surface area (TPSA) is 146 Å². The summed E-state index contributed by atoms with van der Waals surface area (Å²) in [5.41, 5.74) is 2.80. The lowest BCUT2D eigenvalue weighted by Gasteiger charge is -2.23. The average Bonchev–Trinajstić information content (AvgIpc) is 3.00. The number of aliphatic carboxylic acids is 1. The van der Waals surface area contributed by atoms with Crippen molar-refractivity contribution in [3.63, 3.8) is 0 Å². The van der Waals surface area contributed by atoms with E-state index >= 15 is 0 Å². The first-order valence-electron chi connectivity index (χ1n) is 13.5. The van der Waals surface area contributed by atoms with Crippen LogP contribution in [0.3, 0.4) is 0 Å². The molecule has 4 aromatic rings. The maximum absolute atomic E-state index is 12.3. The lowest BCUT2D eigenvalue weighted by atomic mass is 10.1. The summed E-state index contributed by atoms with van der Waals surface area (Å²) in [5.74, 6) is 0.146. The van der Waals surface area contributed by atoms with Crippen LogP contribution in [-0.2, 0) is 24.3 Å². The molecule has 2 aromatic heterocycles. The predicted molar refractivity (Wildman–Crippen MR) is 159 cm³/mol. The minimum atomic E-state index is -1.07. The van der Waals surface area contributed by atoms with Gasteiger partial charge in [0.2, 0.25) is 17.8 Å². The lowest BCUT2D eigenvalue weighted by Crippen LogP contribution is -2.33. The second-order valence-corrected chi connectivity index (χ2v) is 9.64. The molecular formula is C30H34N8O4. The number of carboxylic acid groups (broad SMARTS) is 1. The van der Waals surface area contributed by atoms with E-state index in [0.717, 1.165) is 16.7 Å². The molecular weight excluding hydrogens is 536 g/mol. The molecule has 0 aliphatic heterocycles. The maximum atomic E-state index is 12.3. The molecule has 0 unspecified atom stereocenters. The van der Waals surface area contributed by atoms with Crippen LogP contribution in [0, 0.1) is 0 Å². The van der Waals surface area contributed by atoms with Crippen molar-refractivity contribution in [2.75, 3.05) is 36.2 Å². The van der Waals surface area contributed by atoms with Crippen LogP contribution < -0.4 is 20.3 Å². The zero-order valence-corrected chi connectivity index (χ0v) is 23.8. The summed E-state index contributed by atoms with van der Waals surface area (Å²) in [6.07, 6.45) is 3.10. The van der Waals surface area contributed by atoms with E-state index in [9.17, 15) is 14.7 Å². The molecule has 0 saturated carbocycles. The van der Waals surface area contributed by atoms with Crippen molar-refractivity contribution in [3.05, 3.63) is 95.8 Å². The highest BCUT2D eigenvalue weighted by molar-refractivity contribution is 5.77. The average molecular weight is 571 g/mol. The van der Waals surface area contributed by atoms with Gasteiger partial charge >= 0.3 is 12.1 Å². The van der Waals surface area contributed by atoms with E-state index in [2.05, 4.69) is 30.6 Å². The van der Waals surface area contributed by atoms with Gasteiger partial charge in [0, 0.05) is 52.5 Å². The highest BCUT2D eigenvalue weighted by atomic mass is 16.6. The molecule has 2 aromatic carbocycles. The molecule has 0 radical (unpaired) electrons. The second-order valence-electron chi connectivity index (χ2n) is 9.64. The summed E-state index contributed by atoms with van der Waals surface area (Å²) >= 11 is 0. The third-order valence-electron chi connectivity index (χ3n) is 6.24. The Bertz CT molecular complexity index is 1450. The van der Waals surface area contributed by atoms with E-state index in [1.54, 1.807) is 50.8 Å². The molecule has 0 fully saturated rings. The van der Waals surface area contributed by atoms with Crippen LogP contribution in [-0.4, -0.2) is 68.7 Å². The van der Waals surface area contributed by atoms with Crippen LogP contribution in [0.1, 0.15) is 23.6 Å². The van der Waals surface area contributed by atoms with Crippen LogP contribution in [0.2, 0.25) is 0 Å². The van der Waals surface area contributed by atoms with E-state index in [1.165, 1.54) is 4.90 Å². The number of hydrogen-bond donors (Lipinski definition) is 3. The number of amides is 1. The summed E-state index contributed by atoms with van der Waals surface area (Å²) in [5, 5.41) is 16.2. The Morgan fingerprint density at radius 3 is 2.21 bits per heavy atom. The number of pyridine rings is 1. The van der Waals surface area contributed by atoms with Crippen LogP contribution in [0.15, 0.2) is 79.1 Å². The van der Waals surface area contributed by atoms with Crippen molar-refractivity contribution in [1.82, 2.24) is 24.8 Å². The monoisotopic (exact) mass is 570 g/mol. The number of aromatic nitrogens is 4. The molecule has 12 nitrogen and oxygen atoms in total. The number of carbonyl (C=O) groups is 2. The number of nitrogens with zero attached hydrogens (tertiary/aromatic N) is 6. The van der Waals surface area contributed by atoms with Crippen molar-refractivity contribution in [3.8, 4) is 5.75 Å². The van der Waals surface area contributed by atoms with E-state index in [0.29, 0.717) is 37.3 Å². The molecule has 3 N–H and O–H groups in total. The van der Waals surface area contributed by atoms with E-state index in [4.69, 9.17) is 4.74 Å². The van der Waals surface area contributed by atoms with Gasteiger partial charge in [0.05, 0.1) is 0 Å². The van der Waals surface area contributed by atoms with Gasteiger partial charge in [-0.25, -0.2) is 9.59 Å². The van der Waals surface area contributed by atoms with Crippen LogP contribution >= 0.6 is 0 Å². The minimum Gasteiger partial charge on any atom is -0.480 e. The second kappa shape index (κ2) is 14.4. The van der Waals surface area contributed by atoms with Crippen LogP contribution in [0.4, 0.5) is 22.6 Å². The standard InChI is InChI=1S/C30H34N8O4/c1-4-38(20-23-14-16-31-17-15-23)29-35-27(32-19-22-8-6-5-7-9-22)34-28(36-29)33-25(26(39)40)18-21-10-12-24(13-11-21)42-30(41)37(2)3/h5-17,25H,4,18-20H2,1-3H3,(H,39,40)(H2,32,33,34,35,36)/t25-/m0/s1. The van der Waals surface area contributed by atoms with Crippen LogP contribution in [0.5, 0.6) is 5.75 Å². The summed E-state index contributed by atoms with van der Waals surface area (Å²) in [6, 6.07) is 19.3. The SMILES string of the molecule is CCN(Cc1ccncc1)c1nc(NCc2ccccc2)nc(N[C@@H](Cc2ccc(OC(=O)N(C)C)cc2)C(=O)O)n1. The molecule has 4 rings (SSSR count). The normalized spacial score (nSPS) is 11.3. The Hall–Kier alpha value is -5.26. The molecule has 218 valence electrons. The summed E-state index contributed by atoms with van der Waals surface area (Å²) < 4.78 is 5.25. The largest absolute Gasteiger partial charge is 0.480 e. The highest BCUT2D eigenvalue weighted by Gasteiger charge is 2.21. The molecule has 0 saturated heterocycles. The van der Waals surface area contributed by atoms with Gasteiger partial charge in [-0.15, -0.1) is 0 Å². The van der Waals surface area contributed by atoms with Gasteiger partial charge in [-0.2, -0.15) is 15.0 Å². The fourth-order valence-corrected chi connectivity index (χ4v) is 3.94. The number of rotatable bonds is 13. The van der Waals surface area contributed by atoms with Gasteiger partial charge in [-0.3, -0.25) is 4.98 Å². The molecule has 0 spiro atoms. The summed E-state index contributed by atoms with van der Waals surface area (Å²) in [7, 11) is 3.18. The quantitative estimate of drug-likeness (QED) is 0.214. The number of benzene rings is 2. The summed E-state index contributed by atoms with van der Waals surface area (Å²) in [4.78, 5) is 45.2. The first kappa shape index (κ1) is 29.7. The molecule has 1 atom stereocenters. The highest BCUT2D eigenvalue weighted by Crippen LogP contribution is 2.19. The molecule has 12 heteroatoms. The Kier molecular flexibility index (Phi) is 10.2. The van der Waals surface area contributed by atoms with Crippen molar-refractivity contribution < 1.29 is 19.4 Å². The van der Waals surface area contributed by atoms with Gasteiger partial charge in [0.15, 0.2) is 0 Å². The van der Waals surface area contributed by atoms with Gasteiger partial charge in [0.25, 0.3) is 0 Å². The van der Waals surface area contributed by atoms with Gasteiger partial charge in [-0.1, -0.05) is 42.5 Å². The fraction of sp³-hybridized carbons (Fsp3) is 0.267. The first-order chi connectivity index (χ1) is 20.3. The minimum absolute atomic E-state index is 0.132. The number of carbonyl (C=O) groups excluding carboxylic acids is 1. The molecule has 0 aliphatic rings. The van der Waals surface area contributed by atoms with Crippen molar-refractivity contribution in [1.29, 1.82) is 0 Å². The third kappa shape index (κ3) is 8.62. The Morgan fingerprint density at radius 2 is 1.57 bits per heavy atom. The molecule has 1 amide bonds. The van der Waals surface area contributed by atoms with E-state index in [1.807, 2.05) is 54.3 Å². The Balaban J connectivity index is 1.56. The summed E-state index contributed by atoms with van der Waals surface area (Å²) in [6.45, 7) is 3.62. The number of anilines is 3. The number of carboxylic acids is 1. The van der Waals surface area contributed by atoms with Gasteiger partial charge in [-0.05, 0) is 47.9 Å².